The number of thiol groups is 1. The van der Waals surface area contributed by atoms with Gasteiger partial charge in [-0.25, -0.2) is 0 Å². The van der Waals surface area contributed by atoms with Crippen molar-refractivity contribution >= 4 is 43.5 Å². The Balaban J connectivity index is 2.17. The van der Waals surface area contributed by atoms with Crippen LogP contribution in [0.1, 0.15) is 70.4 Å². The topological polar surface area (TPSA) is 27.7 Å². The second-order valence-corrected chi connectivity index (χ2v) is 11.1. The van der Waals surface area contributed by atoms with Crippen LogP contribution in [0.5, 0.6) is 0 Å². The van der Waals surface area contributed by atoms with E-state index in [9.17, 15) is 0 Å². The van der Waals surface area contributed by atoms with E-state index >= 15 is 0 Å². The van der Waals surface area contributed by atoms with E-state index in [4.69, 9.17) is 14.0 Å². The zero-order valence-electron chi connectivity index (χ0n) is 20.7. The normalized spacial score (nSPS) is 14.1. The van der Waals surface area contributed by atoms with Gasteiger partial charge >= 0.3 is 7.32 Å². The highest BCUT2D eigenvalue weighted by Gasteiger charge is 2.32. The summed E-state index contributed by atoms with van der Waals surface area (Å²) in [5.41, 5.74) is 2.16. The molecule has 0 saturated heterocycles. The first-order chi connectivity index (χ1) is 16.0. The molecule has 2 rings (SSSR count). The molecule has 0 saturated carbocycles. The van der Waals surface area contributed by atoms with E-state index in [0.717, 1.165) is 38.5 Å². The van der Waals surface area contributed by atoms with Gasteiger partial charge in [-0.15, -0.1) is 12.6 Å². The SMILES string of the molecule is CCCC(S)OB(OC(CCC)Sc1ccccc1C)OC(CCC)Sc1ccccc1C. The molecule has 0 fully saturated rings. The smallest absolute Gasteiger partial charge is 0.374 e. The molecule has 0 amide bonds. The molecule has 0 aromatic heterocycles. The maximum atomic E-state index is 6.47. The van der Waals surface area contributed by atoms with Gasteiger partial charge in [-0.1, -0.05) is 100.0 Å². The maximum absolute atomic E-state index is 6.47. The van der Waals surface area contributed by atoms with E-state index < -0.39 is 7.32 Å². The molecule has 2 aromatic carbocycles. The van der Waals surface area contributed by atoms with E-state index in [0.29, 0.717) is 0 Å². The molecule has 0 N–H and O–H groups in total. The van der Waals surface area contributed by atoms with Crippen molar-refractivity contribution in [3.8, 4) is 0 Å². The van der Waals surface area contributed by atoms with Crippen LogP contribution >= 0.6 is 36.2 Å². The molecule has 0 heterocycles. The summed E-state index contributed by atoms with van der Waals surface area (Å²) in [7, 11) is -0.764. The number of aryl methyl sites for hydroxylation is 2. The molecule has 0 aliphatic carbocycles. The molecule has 0 aliphatic heterocycles. The first-order valence-corrected chi connectivity index (χ1v) is 14.3. The first-order valence-electron chi connectivity index (χ1n) is 12.1. The van der Waals surface area contributed by atoms with Gasteiger partial charge in [0, 0.05) is 9.79 Å². The second-order valence-electron chi connectivity index (χ2n) is 8.14. The van der Waals surface area contributed by atoms with Gasteiger partial charge in [0.05, 0.1) is 16.3 Å². The third kappa shape index (κ3) is 10.7. The number of thioether (sulfide) groups is 2. The Labute approximate surface area is 215 Å². The molecule has 0 spiro atoms. The molecule has 3 atom stereocenters. The Morgan fingerprint density at radius 3 is 1.52 bits per heavy atom. The number of rotatable bonds is 16. The molecule has 3 unspecified atom stereocenters. The summed E-state index contributed by atoms with van der Waals surface area (Å²) in [5.74, 6) is 0. The van der Waals surface area contributed by atoms with Crippen LogP contribution in [0.15, 0.2) is 58.3 Å². The molecule has 2 aromatic rings. The fourth-order valence-electron chi connectivity index (χ4n) is 3.23. The third-order valence-electron chi connectivity index (χ3n) is 5.08. The Bertz CT molecular complexity index is 748. The summed E-state index contributed by atoms with van der Waals surface area (Å²) < 4.78 is 19.1. The van der Waals surface area contributed by atoms with Crippen LogP contribution in [-0.2, 0) is 14.0 Å². The van der Waals surface area contributed by atoms with Crippen molar-refractivity contribution in [2.75, 3.05) is 0 Å². The third-order valence-corrected chi connectivity index (χ3v) is 8.11. The summed E-state index contributed by atoms with van der Waals surface area (Å²) in [6.07, 6.45) is 5.71. The van der Waals surface area contributed by atoms with Gasteiger partial charge in [0.2, 0.25) is 0 Å². The summed E-state index contributed by atoms with van der Waals surface area (Å²) in [6.45, 7) is 10.8. The monoisotopic (exact) mass is 506 g/mol. The molecule has 0 aliphatic rings. The lowest BCUT2D eigenvalue weighted by Crippen LogP contribution is -2.36. The van der Waals surface area contributed by atoms with Gasteiger partial charge in [-0.3, -0.25) is 0 Å². The van der Waals surface area contributed by atoms with Crippen LogP contribution in [0.2, 0.25) is 0 Å². The molecule has 3 nitrogen and oxygen atoms in total. The molecule has 182 valence electrons. The van der Waals surface area contributed by atoms with E-state index in [-0.39, 0.29) is 16.3 Å². The van der Waals surface area contributed by atoms with Crippen molar-refractivity contribution in [1.82, 2.24) is 0 Å². The standard InChI is InChI=1S/C26H39BO3S3/c1-6-13-24(31)28-27(29-25(14-7-2)32-22-18-11-9-16-20(22)4)30-26(15-8-3)33-23-19-12-10-17-21(23)5/h9-12,16-19,24-26,31H,6-8,13-15H2,1-5H3. The molecule has 0 bridgehead atoms. The average Bonchev–Trinajstić information content (AvgIpc) is 2.77. The molecule has 7 heteroatoms. The molecule has 0 radical (unpaired) electrons. The minimum Gasteiger partial charge on any atom is -0.374 e. The number of hydrogen-bond donors (Lipinski definition) is 1. The number of benzene rings is 2. The molecular weight excluding hydrogens is 467 g/mol. The number of hydrogen-bond acceptors (Lipinski definition) is 6. The fourth-order valence-corrected chi connectivity index (χ4v) is 5.97. The minimum atomic E-state index is -0.764. The largest absolute Gasteiger partial charge is 0.641 e. The van der Waals surface area contributed by atoms with Gasteiger partial charge in [-0.2, -0.15) is 0 Å². The summed E-state index contributed by atoms with van der Waals surface area (Å²) >= 11 is 8.12. The second kappa shape index (κ2) is 16.2. The van der Waals surface area contributed by atoms with Crippen LogP contribution < -0.4 is 0 Å². The van der Waals surface area contributed by atoms with Gasteiger partial charge in [0.1, 0.15) is 0 Å². The Morgan fingerprint density at radius 2 is 1.12 bits per heavy atom. The van der Waals surface area contributed by atoms with Gasteiger partial charge < -0.3 is 14.0 Å². The van der Waals surface area contributed by atoms with E-state index in [1.165, 1.54) is 20.9 Å². The van der Waals surface area contributed by atoms with Crippen molar-refractivity contribution in [3.63, 3.8) is 0 Å². The summed E-state index contributed by atoms with van der Waals surface area (Å²) in [6, 6.07) is 16.9. The summed E-state index contributed by atoms with van der Waals surface area (Å²) in [5, 5.41) is 0. The van der Waals surface area contributed by atoms with Crippen LogP contribution in [0.25, 0.3) is 0 Å². The lowest BCUT2D eigenvalue weighted by Gasteiger charge is -2.27. The Kier molecular flexibility index (Phi) is 14.0. The van der Waals surface area contributed by atoms with Gasteiger partial charge in [0.15, 0.2) is 0 Å². The Morgan fingerprint density at radius 1 is 0.697 bits per heavy atom. The van der Waals surface area contributed by atoms with Gasteiger partial charge in [0.25, 0.3) is 0 Å². The summed E-state index contributed by atoms with van der Waals surface area (Å²) in [4.78, 5) is 2.45. The predicted molar refractivity (Wildman–Crippen MR) is 148 cm³/mol. The average molecular weight is 507 g/mol. The fraction of sp³-hybridized carbons (Fsp3) is 0.538. The van der Waals surface area contributed by atoms with Crippen molar-refractivity contribution in [2.24, 2.45) is 0 Å². The van der Waals surface area contributed by atoms with Crippen molar-refractivity contribution in [1.29, 1.82) is 0 Å². The van der Waals surface area contributed by atoms with Crippen molar-refractivity contribution in [2.45, 2.75) is 99.2 Å². The lowest BCUT2D eigenvalue weighted by molar-refractivity contribution is 0.0635. The maximum Gasteiger partial charge on any atom is 0.641 e. The first kappa shape index (κ1) is 28.7. The van der Waals surface area contributed by atoms with Crippen molar-refractivity contribution in [3.05, 3.63) is 59.7 Å². The minimum absolute atomic E-state index is 0.0611. The lowest BCUT2D eigenvalue weighted by atomic mass is 10.2. The molecule has 33 heavy (non-hydrogen) atoms. The van der Waals surface area contributed by atoms with E-state index in [1.54, 1.807) is 23.5 Å². The zero-order chi connectivity index (χ0) is 24.1. The van der Waals surface area contributed by atoms with Crippen LogP contribution in [-0.4, -0.2) is 23.6 Å². The highest BCUT2D eigenvalue weighted by Crippen LogP contribution is 2.33. The van der Waals surface area contributed by atoms with Crippen molar-refractivity contribution < 1.29 is 14.0 Å². The van der Waals surface area contributed by atoms with Gasteiger partial charge in [-0.05, 0) is 56.4 Å². The quantitative estimate of drug-likeness (QED) is 0.107. The van der Waals surface area contributed by atoms with Crippen LogP contribution in [0.4, 0.5) is 0 Å². The van der Waals surface area contributed by atoms with E-state index in [1.807, 2.05) is 0 Å². The highest BCUT2D eigenvalue weighted by molar-refractivity contribution is 8.00. The Hall–Kier alpha value is -0.565. The van der Waals surface area contributed by atoms with Crippen LogP contribution in [0, 0.1) is 13.8 Å². The van der Waals surface area contributed by atoms with Crippen LogP contribution in [0.3, 0.4) is 0 Å². The molecular formula is C26H39BO3S3. The predicted octanol–water partition coefficient (Wildman–Crippen LogP) is 8.53. The zero-order valence-corrected chi connectivity index (χ0v) is 23.2. The van der Waals surface area contributed by atoms with E-state index in [2.05, 4.69) is 95.8 Å². The highest BCUT2D eigenvalue weighted by atomic mass is 32.2.